The summed E-state index contributed by atoms with van der Waals surface area (Å²) in [6.07, 6.45) is 5.15. The van der Waals surface area contributed by atoms with Crippen LogP contribution in [-0.4, -0.2) is 9.97 Å². The minimum atomic E-state index is -0.104. The van der Waals surface area contributed by atoms with Crippen LogP contribution in [0, 0.1) is 4.64 Å². The first kappa shape index (κ1) is 11.1. The Morgan fingerprint density at radius 1 is 1.53 bits per heavy atom. The Hall–Kier alpha value is -0.410. The fraction of sp³-hybridized carbons (Fsp3) is 0.636. The Morgan fingerprint density at radius 3 is 2.80 bits per heavy atom. The van der Waals surface area contributed by atoms with Gasteiger partial charge < -0.3 is 4.98 Å². The first-order valence-corrected chi connectivity index (χ1v) is 6.26. The van der Waals surface area contributed by atoms with E-state index in [1.807, 2.05) is 13.0 Å². The van der Waals surface area contributed by atoms with Gasteiger partial charge in [0.05, 0.1) is 5.38 Å². The number of halogens is 1. The number of nitrogens with zero attached hydrogens (tertiary/aromatic N) is 1. The highest BCUT2D eigenvalue weighted by Crippen LogP contribution is 2.33. The minimum Gasteiger partial charge on any atom is -0.346 e. The number of alkyl halides is 1. The van der Waals surface area contributed by atoms with E-state index in [4.69, 9.17) is 23.8 Å². The molecular weight excluding hydrogens is 228 g/mol. The van der Waals surface area contributed by atoms with Crippen molar-refractivity contribution < 1.29 is 0 Å². The molecule has 2 rings (SSSR count). The zero-order valence-corrected chi connectivity index (χ0v) is 10.4. The van der Waals surface area contributed by atoms with E-state index >= 15 is 0 Å². The van der Waals surface area contributed by atoms with Gasteiger partial charge in [-0.1, -0.05) is 25.1 Å². The summed E-state index contributed by atoms with van der Waals surface area (Å²) in [5, 5.41) is -0.104. The Morgan fingerprint density at radius 2 is 2.20 bits per heavy atom. The molecule has 1 fully saturated rings. The molecule has 1 heterocycles. The standard InChI is InChI=1S/C11H15ClN2S/c1-7(12)11-13-9(6-10(15)14-11)8-4-2-3-5-8/h6-8H,2-5H2,1H3,(H,13,14,15). The summed E-state index contributed by atoms with van der Waals surface area (Å²) in [7, 11) is 0. The molecule has 1 unspecified atom stereocenters. The van der Waals surface area contributed by atoms with Crippen LogP contribution in [0.2, 0.25) is 0 Å². The molecule has 1 aliphatic rings. The van der Waals surface area contributed by atoms with E-state index in [1.165, 1.54) is 31.4 Å². The molecule has 1 aromatic heterocycles. The molecule has 2 nitrogen and oxygen atoms in total. The predicted molar refractivity (Wildman–Crippen MR) is 64.9 cm³/mol. The lowest BCUT2D eigenvalue weighted by Gasteiger charge is -2.12. The van der Waals surface area contributed by atoms with Crippen LogP contribution >= 0.6 is 23.8 Å². The van der Waals surface area contributed by atoms with E-state index in [0.29, 0.717) is 10.6 Å². The molecule has 1 atom stereocenters. The average Bonchev–Trinajstić information content (AvgIpc) is 2.69. The first-order valence-electron chi connectivity index (χ1n) is 5.42. The third-order valence-electron chi connectivity index (χ3n) is 2.95. The number of nitrogens with one attached hydrogen (secondary N) is 1. The van der Waals surface area contributed by atoms with Gasteiger partial charge in [0.25, 0.3) is 0 Å². The summed E-state index contributed by atoms with van der Waals surface area (Å²) < 4.78 is 0.651. The van der Waals surface area contributed by atoms with Crippen molar-refractivity contribution in [3.05, 3.63) is 22.2 Å². The quantitative estimate of drug-likeness (QED) is 0.625. The summed E-state index contributed by atoms with van der Waals surface area (Å²) in [5.74, 6) is 1.43. The van der Waals surface area contributed by atoms with Crippen molar-refractivity contribution in [3.8, 4) is 0 Å². The molecule has 4 heteroatoms. The molecule has 0 radical (unpaired) electrons. The normalized spacial score (nSPS) is 19.3. The van der Waals surface area contributed by atoms with Gasteiger partial charge in [0.2, 0.25) is 0 Å². The van der Waals surface area contributed by atoms with Gasteiger partial charge in [0.1, 0.15) is 10.5 Å². The van der Waals surface area contributed by atoms with Crippen molar-refractivity contribution in [1.29, 1.82) is 0 Å². The lowest BCUT2D eigenvalue weighted by molar-refractivity contribution is 0.681. The van der Waals surface area contributed by atoms with E-state index < -0.39 is 0 Å². The molecule has 1 N–H and O–H groups in total. The van der Waals surface area contributed by atoms with E-state index in [1.54, 1.807) is 0 Å². The van der Waals surface area contributed by atoms with Gasteiger partial charge in [0.15, 0.2) is 0 Å². The molecule has 1 aliphatic carbocycles. The van der Waals surface area contributed by atoms with Crippen molar-refractivity contribution in [1.82, 2.24) is 9.97 Å². The molecule has 0 aromatic carbocycles. The first-order chi connectivity index (χ1) is 7.16. The van der Waals surface area contributed by atoms with Crippen molar-refractivity contribution >= 4 is 23.8 Å². The number of aromatic nitrogens is 2. The highest BCUT2D eigenvalue weighted by atomic mass is 35.5. The Balaban J connectivity index is 2.34. The summed E-state index contributed by atoms with van der Waals surface area (Å²) in [4.78, 5) is 7.55. The van der Waals surface area contributed by atoms with E-state index in [0.717, 1.165) is 5.82 Å². The van der Waals surface area contributed by atoms with Gasteiger partial charge in [0, 0.05) is 5.69 Å². The number of aromatic amines is 1. The van der Waals surface area contributed by atoms with Crippen LogP contribution in [0.25, 0.3) is 0 Å². The molecule has 0 aliphatic heterocycles. The molecule has 0 saturated heterocycles. The lowest BCUT2D eigenvalue weighted by Crippen LogP contribution is -2.03. The Labute approximate surface area is 100 Å². The van der Waals surface area contributed by atoms with E-state index in [-0.39, 0.29) is 5.38 Å². The van der Waals surface area contributed by atoms with Crippen molar-refractivity contribution in [2.24, 2.45) is 0 Å². The van der Waals surface area contributed by atoms with Crippen LogP contribution in [0.1, 0.15) is 55.4 Å². The average molecular weight is 243 g/mol. The maximum atomic E-state index is 6.01. The number of H-pyrrole nitrogens is 1. The van der Waals surface area contributed by atoms with Gasteiger partial charge in [-0.3, -0.25) is 0 Å². The van der Waals surface area contributed by atoms with Crippen molar-refractivity contribution in [2.75, 3.05) is 0 Å². The second-order valence-corrected chi connectivity index (χ2v) is 5.23. The number of hydrogen-bond acceptors (Lipinski definition) is 2. The monoisotopic (exact) mass is 242 g/mol. The third-order valence-corrected chi connectivity index (χ3v) is 3.37. The van der Waals surface area contributed by atoms with Gasteiger partial charge in [-0.2, -0.15) is 0 Å². The summed E-state index contributed by atoms with van der Waals surface area (Å²) in [6.45, 7) is 1.91. The molecule has 0 bridgehead atoms. The summed E-state index contributed by atoms with van der Waals surface area (Å²) in [5.41, 5.74) is 1.22. The predicted octanol–water partition coefficient (Wildman–Crippen LogP) is 4.10. The second kappa shape index (κ2) is 4.62. The highest BCUT2D eigenvalue weighted by molar-refractivity contribution is 7.71. The van der Waals surface area contributed by atoms with E-state index in [2.05, 4.69) is 9.97 Å². The zero-order valence-electron chi connectivity index (χ0n) is 8.79. The maximum absolute atomic E-state index is 6.01. The molecule has 1 saturated carbocycles. The van der Waals surface area contributed by atoms with Crippen LogP contribution in [0.15, 0.2) is 6.07 Å². The topological polar surface area (TPSA) is 28.7 Å². The Kier molecular flexibility index (Phi) is 3.42. The maximum Gasteiger partial charge on any atom is 0.130 e. The van der Waals surface area contributed by atoms with Gasteiger partial charge in [-0.05, 0) is 31.7 Å². The van der Waals surface area contributed by atoms with Gasteiger partial charge in [-0.25, -0.2) is 4.98 Å². The molecule has 0 amide bonds. The fourth-order valence-corrected chi connectivity index (χ4v) is 2.47. The van der Waals surface area contributed by atoms with Crippen LogP contribution in [-0.2, 0) is 0 Å². The molecule has 15 heavy (non-hydrogen) atoms. The van der Waals surface area contributed by atoms with E-state index in [9.17, 15) is 0 Å². The van der Waals surface area contributed by atoms with Crippen LogP contribution < -0.4 is 0 Å². The largest absolute Gasteiger partial charge is 0.346 e. The minimum absolute atomic E-state index is 0.104. The van der Waals surface area contributed by atoms with Gasteiger partial charge >= 0.3 is 0 Å². The van der Waals surface area contributed by atoms with Crippen LogP contribution in [0.5, 0.6) is 0 Å². The Bertz CT molecular complexity index is 394. The molecular formula is C11H15ClN2S. The second-order valence-electron chi connectivity index (χ2n) is 4.16. The van der Waals surface area contributed by atoms with Crippen LogP contribution in [0.3, 0.4) is 0 Å². The molecule has 1 aromatic rings. The van der Waals surface area contributed by atoms with Crippen LogP contribution in [0.4, 0.5) is 0 Å². The molecule has 0 spiro atoms. The van der Waals surface area contributed by atoms with Crippen molar-refractivity contribution in [2.45, 2.75) is 43.9 Å². The molecule has 82 valence electrons. The summed E-state index contributed by atoms with van der Waals surface area (Å²) >= 11 is 11.2. The number of rotatable bonds is 2. The summed E-state index contributed by atoms with van der Waals surface area (Å²) in [6, 6.07) is 1.98. The van der Waals surface area contributed by atoms with Crippen molar-refractivity contribution in [3.63, 3.8) is 0 Å². The third kappa shape index (κ3) is 2.58. The highest BCUT2D eigenvalue weighted by Gasteiger charge is 2.18. The smallest absolute Gasteiger partial charge is 0.130 e. The zero-order chi connectivity index (χ0) is 10.8. The lowest BCUT2D eigenvalue weighted by atomic mass is 10.0. The SMILES string of the molecule is CC(Cl)c1nc(=S)cc(C2CCCC2)[nH]1. The fourth-order valence-electron chi connectivity index (χ4n) is 2.14. The number of hydrogen-bond donors (Lipinski definition) is 1. The van der Waals surface area contributed by atoms with Gasteiger partial charge in [-0.15, -0.1) is 11.6 Å².